The molecule has 10 heteroatoms. The zero-order valence-electron chi connectivity index (χ0n) is 13.8. The van der Waals surface area contributed by atoms with Crippen LogP contribution in [0.15, 0.2) is 11.6 Å². The first-order valence-electron chi connectivity index (χ1n) is 8.47. The van der Waals surface area contributed by atoms with Crippen LogP contribution in [0.4, 0.5) is 11.6 Å². The molecular weight excluding hydrogens is 346 g/mol. The Kier molecular flexibility index (Phi) is 4.84. The Morgan fingerprint density at radius 3 is 2.96 bits per heavy atom. The van der Waals surface area contributed by atoms with Gasteiger partial charge in [-0.3, -0.25) is 4.90 Å². The summed E-state index contributed by atoms with van der Waals surface area (Å²) < 4.78 is 12.5. The van der Waals surface area contributed by atoms with Crippen LogP contribution in [-0.4, -0.2) is 71.3 Å². The van der Waals surface area contributed by atoms with Crippen molar-refractivity contribution < 1.29 is 14.4 Å². The van der Waals surface area contributed by atoms with Crippen LogP contribution in [-0.2, 0) is 9.47 Å². The lowest BCUT2D eigenvalue weighted by Gasteiger charge is -2.37. The summed E-state index contributed by atoms with van der Waals surface area (Å²) in [5.74, 6) is 0.766. The number of nitrogens with zero attached hydrogens (tertiary/aromatic N) is 4. The molecule has 2 fully saturated rings. The molecule has 0 radical (unpaired) electrons. The van der Waals surface area contributed by atoms with E-state index in [9.17, 15) is 10.1 Å². The largest absolute Gasteiger partial charge is 0.381 e. The number of aromatic nitrogens is 2. The fourth-order valence-corrected chi connectivity index (χ4v) is 4.34. The quantitative estimate of drug-likeness (QED) is 0.610. The van der Waals surface area contributed by atoms with E-state index >= 15 is 0 Å². The highest BCUT2D eigenvalue weighted by Crippen LogP contribution is 2.29. The van der Waals surface area contributed by atoms with Crippen LogP contribution in [0.1, 0.15) is 6.42 Å². The van der Waals surface area contributed by atoms with Gasteiger partial charge >= 0.3 is 5.82 Å². The lowest BCUT2D eigenvalue weighted by atomic mass is 9.97. The summed E-state index contributed by atoms with van der Waals surface area (Å²) >= 11 is 1.39. The van der Waals surface area contributed by atoms with E-state index in [2.05, 4.69) is 15.2 Å². The van der Waals surface area contributed by atoms with E-state index in [0.717, 1.165) is 45.9 Å². The number of nitrogens with one attached hydrogen (secondary N) is 1. The lowest BCUT2D eigenvalue weighted by molar-refractivity contribution is -0.389. The fourth-order valence-electron chi connectivity index (χ4n) is 3.63. The molecule has 2 aromatic heterocycles. The maximum Gasteiger partial charge on any atom is 0.372 e. The molecule has 2 aromatic rings. The Morgan fingerprint density at radius 1 is 1.40 bits per heavy atom. The van der Waals surface area contributed by atoms with E-state index in [1.54, 1.807) is 11.6 Å². The molecule has 0 amide bonds. The number of fused-ring (bicyclic) bond motifs is 1. The number of hydrogen-bond acceptors (Lipinski definition) is 8. The minimum absolute atomic E-state index is 0.000325. The third-order valence-corrected chi connectivity index (χ3v) is 5.67. The minimum Gasteiger partial charge on any atom is -0.381 e. The van der Waals surface area contributed by atoms with Crippen LogP contribution in [0.25, 0.3) is 4.96 Å². The van der Waals surface area contributed by atoms with Crippen molar-refractivity contribution in [1.29, 1.82) is 0 Å². The van der Waals surface area contributed by atoms with Crippen LogP contribution in [0, 0.1) is 16.0 Å². The predicted octanol–water partition coefficient (Wildman–Crippen LogP) is 1.45. The van der Waals surface area contributed by atoms with Gasteiger partial charge in [0.1, 0.15) is 6.20 Å². The summed E-state index contributed by atoms with van der Waals surface area (Å²) in [5.41, 5.74) is 0. The first-order chi connectivity index (χ1) is 12.2. The monoisotopic (exact) mass is 367 g/mol. The molecule has 0 aliphatic carbocycles. The number of thiazole rings is 1. The van der Waals surface area contributed by atoms with E-state index in [1.807, 2.05) is 0 Å². The third kappa shape index (κ3) is 3.34. The van der Waals surface area contributed by atoms with Crippen molar-refractivity contribution in [3.05, 3.63) is 21.7 Å². The molecule has 0 saturated carbocycles. The molecule has 0 spiro atoms. The summed E-state index contributed by atoms with van der Waals surface area (Å²) in [4.78, 5) is 18.5. The Morgan fingerprint density at radius 2 is 2.24 bits per heavy atom. The summed E-state index contributed by atoms with van der Waals surface area (Å²) in [6.07, 6.45) is 2.70. The van der Waals surface area contributed by atoms with Crippen LogP contribution < -0.4 is 5.32 Å². The van der Waals surface area contributed by atoms with Gasteiger partial charge < -0.3 is 24.9 Å². The third-order valence-electron chi connectivity index (χ3n) is 4.91. The number of morpholine rings is 1. The maximum absolute atomic E-state index is 11.5. The average molecular weight is 367 g/mol. The van der Waals surface area contributed by atoms with Gasteiger partial charge in [0, 0.05) is 43.6 Å². The second kappa shape index (κ2) is 7.24. The van der Waals surface area contributed by atoms with Crippen molar-refractivity contribution in [3.8, 4) is 0 Å². The smallest absolute Gasteiger partial charge is 0.372 e. The van der Waals surface area contributed by atoms with E-state index < -0.39 is 0 Å². The fraction of sp³-hybridized carbons (Fsp3) is 0.667. The topological polar surface area (TPSA) is 94.2 Å². The molecule has 4 heterocycles. The normalized spacial score (nSPS) is 23.1. The summed E-state index contributed by atoms with van der Waals surface area (Å²) in [6.45, 7) is 5.34. The van der Waals surface area contributed by atoms with Gasteiger partial charge in [0.15, 0.2) is 0 Å². The van der Waals surface area contributed by atoms with Crippen molar-refractivity contribution in [1.82, 2.24) is 14.3 Å². The van der Waals surface area contributed by atoms with Crippen molar-refractivity contribution in [3.63, 3.8) is 0 Å². The zero-order valence-corrected chi connectivity index (χ0v) is 14.6. The van der Waals surface area contributed by atoms with E-state index in [-0.39, 0.29) is 16.8 Å². The number of imidazole rings is 1. The molecule has 2 saturated heterocycles. The Balaban J connectivity index is 1.53. The predicted molar refractivity (Wildman–Crippen MR) is 93.3 cm³/mol. The number of anilines is 1. The van der Waals surface area contributed by atoms with Crippen molar-refractivity contribution in [2.75, 3.05) is 51.4 Å². The first kappa shape index (κ1) is 16.7. The maximum atomic E-state index is 11.5. The molecular formula is C15H21N5O4S. The number of ether oxygens (including phenoxy) is 2. The van der Waals surface area contributed by atoms with E-state index in [0.29, 0.717) is 23.2 Å². The molecule has 4 rings (SSSR count). The van der Waals surface area contributed by atoms with Gasteiger partial charge in [-0.05, 0) is 11.3 Å². The molecule has 25 heavy (non-hydrogen) atoms. The van der Waals surface area contributed by atoms with Gasteiger partial charge in [-0.2, -0.15) is 9.38 Å². The SMILES string of the molecule is O=[N+]([O-])c1c(NCC(C2CCOC2)N2CCOCC2)nc2sccn12. The molecule has 136 valence electrons. The Bertz CT molecular complexity index is 735. The van der Waals surface area contributed by atoms with E-state index in [4.69, 9.17) is 9.47 Å². The molecule has 2 unspecified atom stereocenters. The molecule has 2 atom stereocenters. The van der Waals surface area contributed by atoms with Crippen molar-refractivity contribution >= 4 is 27.9 Å². The van der Waals surface area contributed by atoms with Gasteiger partial charge in [0.05, 0.1) is 19.8 Å². The minimum atomic E-state index is -0.378. The second-order valence-electron chi connectivity index (χ2n) is 6.32. The van der Waals surface area contributed by atoms with Gasteiger partial charge in [0.25, 0.3) is 4.96 Å². The Labute approximate surface area is 148 Å². The average Bonchev–Trinajstić information content (AvgIpc) is 3.32. The first-order valence-corrected chi connectivity index (χ1v) is 9.35. The van der Waals surface area contributed by atoms with Gasteiger partial charge in [-0.25, -0.2) is 0 Å². The van der Waals surface area contributed by atoms with Gasteiger partial charge in [0.2, 0.25) is 5.82 Å². The molecule has 2 aliphatic rings. The molecule has 0 aromatic carbocycles. The van der Waals surface area contributed by atoms with Crippen LogP contribution in [0.3, 0.4) is 0 Å². The van der Waals surface area contributed by atoms with Crippen LogP contribution >= 0.6 is 11.3 Å². The highest BCUT2D eigenvalue weighted by atomic mass is 32.1. The van der Waals surface area contributed by atoms with Gasteiger partial charge in [-0.15, -0.1) is 0 Å². The number of rotatable bonds is 6. The molecule has 1 N–H and O–H groups in total. The second-order valence-corrected chi connectivity index (χ2v) is 7.19. The number of nitro groups is 1. The van der Waals surface area contributed by atoms with Crippen molar-refractivity contribution in [2.24, 2.45) is 5.92 Å². The Hall–Kier alpha value is -1.75. The highest BCUT2D eigenvalue weighted by molar-refractivity contribution is 7.15. The zero-order chi connectivity index (χ0) is 17.2. The summed E-state index contributed by atoms with van der Waals surface area (Å²) in [5, 5.41) is 16.5. The number of hydrogen-bond donors (Lipinski definition) is 1. The van der Waals surface area contributed by atoms with Crippen LogP contribution in [0.5, 0.6) is 0 Å². The summed E-state index contributed by atoms with van der Waals surface area (Å²) in [6, 6.07) is 0.255. The standard InChI is InChI=1S/C15H21N5O4S/c21-20(22)14-13(17-15-19(14)4-8-25-15)16-9-12(11-1-5-24-10-11)18-2-6-23-7-3-18/h4,8,11-12,16H,1-3,5-7,9-10H2. The molecule has 2 aliphatic heterocycles. The van der Waals surface area contributed by atoms with Crippen molar-refractivity contribution in [2.45, 2.75) is 12.5 Å². The lowest BCUT2D eigenvalue weighted by Crippen LogP contribution is -2.50. The molecule has 0 bridgehead atoms. The summed E-state index contributed by atoms with van der Waals surface area (Å²) in [7, 11) is 0. The van der Waals surface area contributed by atoms with E-state index in [1.165, 1.54) is 15.7 Å². The highest BCUT2D eigenvalue weighted by Gasteiger charge is 2.32. The molecule has 9 nitrogen and oxygen atoms in total. The van der Waals surface area contributed by atoms with Crippen LogP contribution in [0.2, 0.25) is 0 Å². The van der Waals surface area contributed by atoms with Gasteiger partial charge in [-0.1, -0.05) is 11.3 Å².